The lowest BCUT2D eigenvalue weighted by Crippen LogP contribution is -2.03. The molecule has 0 unspecified atom stereocenters. The molecule has 5 nitrogen and oxygen atoms in total. The quantitative estimate of drug-likeness (QED) is 0.175. The standard InChI is InChI=1S/C56H34N4O/c1-3-13-35(14-4-1)37-23-25-39(26-24-37)53-45-19-7-10-20-46(45)57-56(58-53)60-47-21-11-8-17-41(47)43-31-33-48-51(54(43)60)52-49(34-32-44-42-18-9-12-22-50(42)61-55(44)52)59(48)40-29-27-38(28-30-40)36-15-5-2-6-16-36/h1-34H. The Kier molecular flexibility index (Phi) is 7.24. The summed E-state index contributed by atoms with van der Waals surface area (Å²) in [4.78, 5) is 10.9. The molecule has 0 radical (unpaired) electrons. The third-order valence-corrected chi connectivity index (χ3v) is 12.4. The molecule has 0 N–H and O–H groups in total. The van der Waals surface area contributed by atoms with E-state index in [1.54, 1.807) is 0 Å². The van der Waals surface area contributed by atoms with Crippen molar-refractivity contribution in [2.45, 2.75) is 0 Å². The van der Waals surface area contributed by atoms with E-state index in [0.717, 1.165) is 99.0 Å². The lowest BCUT2D eigenvalue weighted by Gasteiger charge is -2.13. The van der Waals surface area contributed by atoms with Gasteiger partial charge in [-0.05, 0) is 70.8 Å². The van der Waals surface area contributed by atoms with Gasteiger partial charge in [0.05, 0.1) is 38.7 Å². The second kappa shape index (κ2) is 13.1. The highest BCUT2D eigenvalue weighted by Gasteiger charge is 2.25. The van der Waals surface area contributed by atoms with E-state index in [0.29, 0.717) is 5.95 Å². The van der Waals surface area contributed by atoms with E-state index in [9.17, 15) is 0 Å². The summed E-state index contributed by atoms with van der Waals surface area (Å²) in [5.74, 6) is 0.615. The number of hydrogen-bond donors (Lipinski definition) is 0. The molecule has 0 spiro atoms. The summed E-state index contributed by atoms with van der Waals surface area (Å²) in [7, 11) is 0. The van der Waals surface area contributed by atoms with Crippen LogP contribution in [0, 0.1) is 0 Å². The summed E-state index contributed by atoms with van der Waals surface area (Å²) in [5, 5.41) is 7.60. The topological polar surface area (TPSA) is 48.8 Å². The first kappa shape index (κ1) is 33.7. The average Bonchev–Trinajstić information content (AvgIpc) is 4.00. The molecule has 13 aromatic rings. The summed E-state index contributed by atoms with van der Waals surface area (Å²) in [6.07, 6.45) is 0. The predicted octanol–water partition coefficient (Wildman–Crippen LogP) is 14.7. The summed E-state index contributed by atoms with van der Waals surface area (Å²) < 4.78 is 11.6. The molecule has 0 saturated heterocycles. The van der Waals surface area contributed by atoms with Crippen molar-refractivity contribution in [1.82, 2.24) is 19.1 Å². The van der Waals surface area contributed by atoms with Gasteiger partial charge < -0.3 is 8.98 Å². The van der Waals surface area contributed by atoms with Gasteiger partial charge >= 0.3 is 0 Å². The van der Waals surface area contributed by atoms with E-state index in [1.807, 2.05) is 6.07 Å². The summed E-state index contributed by atoms with van der Waals surface area (Å²) in [5.41, 5.74) is 14.5. The number of para-hydroxylation sites is 3. The Hall–Kier alpha value is -8.28. The first-order chi connectivity index (χ1) is 30.3. The highest BCUT2D eigenvalue weighted by molar-refractivity contribution is 6.32. The van der Waals surface area contributed by atoms with Crippen LogP contribution in [-0.2, 0) is 0 Å². The molecule has 0 amide bonds. The van der Waals surface area contributed by atoms with Crippen molar-refractivity contribution in [1.29, 1.82) is 0 Å². The minimum absolute atomic E-state index is 0.615. The molecule has 0 aliphatic carbocycles. The fraction of sp³-hybridized carbons (Fsp3) is 0. The van der Waals surface area contributed by atoms with Crippen molar-refractivity contribution in [3.63, 3.8) is 0 Å². The monoisotopic (exact) mass is 778 g/mol. The van der Waals surface area contributed by atoms with Gasteiger partial charge in [-0.3, -0.25) is 4.57 Å². The Bertz CT molecular complexity index is 3840. The molecule has 13 rings (SSSR count). The highest BCUT2D eigenvalue weighted by atomic mass is 16.3. The van der Waals surface area contributed by atoms with Crippen LogP contribution in [0.4, 0.5) is 0 Å². The summed E-state index contributed by atoms with van der Waals surface area (Å²) >= 11 is 0. The predicted molar refractivity (Wildman–Crippen MR) is 252 cm³/mol. The third-order valence-electron chi connectivity index (χ3n) is 12.4. The minimum atomic E-state index is 0.615. The second-order valence-electron chi connectivity index (χ2n) is 15.7. The molecule has 0 aliphatic rings. The van der Waals surface area contributed by atoms with Gasteiger partial charge in [-0.15, -0.1) is 0 Å². The van der Waals surface area contributed by atoms with Crippen molar-refractivity contribution >= 4 is 76.5 Å². The van der Waals surface area contributed by atoms with Crippen molar-refractivity contribution in [2.24, 2.45) is 0 Å². The molecule has 0 aliphatic heterocycles. The molecule has 61 heavy (non-hydrogen) atoms. The Morgan fingerprint density at radius 2 is 0.902 bits per heavy atom. The Morgan fingerprint density at radius 1 is 0.344 bits per heavy atom. The minimum Gasteiger partial charge on any atom is -0.455 e. The number of hydrogen-bond acceptors (Lipinski definition) is 3. The van der Waals surface area contributed by atoms with Crippen LogP contribution in [0.25, 0.3) is 122 Å². The molecule has 0 saturated carbocycles. The second-order valence-corrected chi connectivity index (χ2v) is 15.7. The van der Waals surface area contributed by atoms with E-state index in [2.05, 4.69) is 209 Å². The van der Waals surface area contributed by atoms with Crippen LogP contribution in [0.5, 0.6) is 0 Å². The number of fused-ring (bicyclic) bond motifs is 12. The number of rotatable bonds is 5. The largest absolute Gasteiger partial charge is 0.455 e. The first-order valence-corrected chi connectivity index (χ1v) is 20.7. The van der Waals surface area contributed by atoms with E-state index in [1.165, 1.54) is 16.7 Å². The lowest BCUT2D eigenvalue weighted by atomic mass is 10.0. The summed E-state index contributed by atoms with van der Waals surface area (Å²) in [6, 6.07) is 73.0. The Morgan fingerprint density at radius 3 is 1.64 bits per heavy atom. The van der Waals surface area contributed by atoms with Gasteiger partial charge in [0.15, 0.2) is 0 Å². The molecule has 0 fully saturated rings. The van der Waals surface area contributed by atoms with Gasteiger partial charge in [-0.1, -0.05) is 158 Å². The molecule has 0 atom stereocenters. The first-order valence-electron chi connectivity index (χ1n) is 20.7. The zero-order chi connectivity index (χ0) is 40.0. The van der Waals surface area contributed by atoms with E-state index in [-0.39, 0.29) is 0 Å². The van der Waals surface area contributed by atoms with Crippen LogP contribution in [-0.4, -0.2) is 19.1 Å². The molecule has 5 heteroatoms. The average molecular weight is 779 g/mol. The zero-order valence-electron chi connectivity index (χ0n) is 32.8. The van der Waals surface area contributed by atoms with Crippen molar-refractivity contribution in [3.8, 4) is 45.1 Å². The molecule has 4 aromatic heterocycles. The molecule has 0 bridgehead atoms. The van der Waals surface area contributed by atoms with Crippen molar-refractivity contribution < 1.29 is 4.42 Å². The van der Waals surface area contributed by atoms with E-state index in [4.69, 9.17) is 14.4 Å². The summed E-state index contributed by atoms with van der Waals surface area (Å²) in [6.45, 7) is 0. The van der Waals surface area contributed by atoms with Gasteiger partial charge in [0, 0.05) is 43.6 Å². The van der Waals surface area contributed by atoms with Gasteiger partial charge in [0.2, 0.25) is 5.95 Å². The van der Waals surface area contributed by atoms with Gasteiger partial charge in [0.1, 0.15) is 11.2 Å². The van der Waals surface area contributed by atoms with Gasteiger partial charge in [0.25, 0.3) is 0 Å². The maximum Gasteiger partial charge on any atom is 0.235 e. The molecule has 4 heterocycles. The fourth-order valence-corrected chi connectivity index (χ4v) is 9.57. The molecule has 284 valence electrons. The maximum atomic E-state index is 6.89. The maximum absolute atomic E-state index is 6.89. The number of furan rings is 1. The lowest BCUT2D eigenvalue weighted by molar-refractivity contribution is 0.673. The molecular formula is C56H34N4O. The van der Waals surface area contributed by atoms with Crippen LogP contribution in [0.3, 0.4) is 0 Å². The molecule has 9 aromatic carbocycles. The van der Waals surface area contributed by atoms with Gasteiger partial charge in [-0.2, -0.15) is 0 Å². The zero-order valence-corrected chi connectivity index (χ0v) is 32.8. The van der Waals surface area contributed by atoms with Crippen molar-refractivity contribution in [3.05, 3.63) is 206 Å². The van der Waals surface area contributed by atoms with E-state index >= 15 is 0 Å². The normalized spacial score (nSPS) is 11.9. The highest BCUT2D eigenvalue weighted by Crippen LogP contribution is 2.46. The SMILES string of the molecule is c1ccc(-c2ccc(-c3nc(-n4c5ccccc5c5ccc6c(c7c8oc9ccccc9c8ccc7n6-c6ccc(-c7ccccc7)cc6)c54)nc4ccccc34)cc2)cc1. The van der Waals surface area contributed by atoms with E-state index < -0.39 is 0 Å². The fourth-order valence-electron chi connectivity index (χ4n) is 9.57. The number of benzene rings is 9. The van der Waals surface area contributed by atoms with Crippen LogP contribution in [0.1, 0.15) is 0 Å². The van der Waals surface area contributed by atoms with Crippen LogP contribution < -0.4 is 0 Å². The Labute approximate surface area is 350 Å². The van der Waals surface area contributed by atoms with Gasteiger partial charge in [-0.25, -0.2) is 9.97 Å². The van der Waals surface area contributed by atoms with Crippen LogP contribution in [0.2, 0.25) is 0 Å². The number of aromatic nitrogens is 4. The smallest absolute Gasteiger partial charge is 0.235 e. The van der Waals surface area contributed by atoms with Crippen LogP contribution in [0.15, 0.2) is 211 Å². The van der Waals surface area contributed by atoms with Crippen LogP contribution >= 0.6 is 0 Å². The third kappa shape index (κ3) is 5.08. The molecular weight excluding hydrogens is 745 g/mol. The van der Waals surface area contributed by atoms with Crippen molar-refractivity contribution in [2.75, 3.05) is 0 Å². The number of nitrogens with zero attached hydrogens (tertiary/aromatic N) is 4. The Balaban J connectivity index is 1.14.